The maximum absolute atomic E-state index is 9.80. The summed E-state index contributed by atoms with van der Waals surface area (Å²) < 4.78 is 0. The van der Waals surface area contributed by atoms with Gasteiger partial charge in [-0.15, -0.1) is 0 Å². The molecule has 0 amide bonds. The molecule has 1 aromatic rings. The molecule has 1 aromatic carbocycles. The van der Waals surface area contributed by atoms with E-state index < -0.39 is 0 Å². The molecular weight excluding hydrogens is 190 g/mol. The third kappa shape index (κ3) is 1.47. The number of hydrogen-bond donors (Lipinski definition) is 3. The maximum atomic E-state index is 9.80. The van der Waals surface area contributed by atoms with Gasteiger partial charge in [0.2, 0.25) is 0 Å². The van der Waals surface area contributed by atoms with Crippen molar-refractivity contribution in [3.8, 4) is 11.5 Å². The number of phenols is 2. The fourth-order valence-electron chi connectivity index (χ4n) is 2.08. The second-order valence-electron chi connectivity index (χ2n) is 4.98. The van der Waals surface area contributed by atoms with Gasteiger partial charge >= 0.3 is 0 Å². The highest BCUT2D eigenvalue weighted by Gasteiger charge is 2.52. The Morgan fingerprint density at radius 1 is 1.27 bits per heavy atom. The largest absolute Gasteiger partial charge is 0.508 e. The summed E-state index contributed by atoms with van der Waals surface area (Å²) in [5.41, 5.74) is 6.53. The number of aromatic hydroxyl groups is 2. The molecule has 1 aliphatic carbocycles. The Hall–Kier alpha value is -1.22. The molecule has 0 spiro atoms. The molecule has 1 aliphatic rings. The monoisotopic (exact) mass is 207 g/mol. The molecule has 0 aromatic heterocycles. The molecule has 0 unspecified atom stereocenters. The fourth-order valence-corrected chi connectivity index (χ4v) is 2.08. The van der Waals surface area contributed by atoms with Crippen molar-refractivity contribution in [1.29, 1.82) is 0 Å². The van der Waals surface area contributed by atoms with E-state index >= 15 is 0 Å². The summed E-state index contributed by atoms with van der Waals surface area (Å²) in [6, 6.07) is 4.70. The van der Waals surface area contributed by atoms with Crippen molar-refractivity contribution < 1.29 is 10.2 Å². The lowest BCUT2D eigenvalue weighted by molar-refractivity contribution is 0.364. The van der Waals surface area contributed by atoms with E-state index in [9.17, 15) is 10.2 Å². The van der Waals surface area contributed by atoms with Gasteiger partial charge in [-0.2, -0.15) is 0 Å². The summed E-state index contributed by atoms with van der Waals surface area (Å²) in [4.78, 5) is 0. The van der Waals surface area contributed by atoms with Crippen molar-refractivity contribution in [2.75, 3.05) is 0 Å². The molecule has 1 saturated carbocycles. The van der Waals surface area contributed by atoms with Crippen molar-refractivity contribution >= 4 is 0 Å². The van der Waals surface area contributed by atoms with Gasteiger partial charge in [0, 0.05) is 22.6 Å². The molecule has 2 rings (SSSR count). The topological polar surface area (TPSA) is 66.5 Å². The Morgan fingerprint density at radius 2 is 1.87 bits per heavy atom. The van der Waals surface area contributed by atoms with E-state index in [1.54, 1.807) is 12.1 Å². The van der Waals surface area contributed by atoms with Crippen LogP contribution in [0.3, 0.4) is 0 Å². The van der Waals surface area contributed by atoms with E-state index in [0.29, 0.717) is 0 Å². The zero-order valence-corrected chi connectivity index (χ0v) is 9.12. The Morgan fingerprint density at radius 3 is 2.33 bits per heavy atom. The van der Waals surface area contributed by atoms with Gasteiger partial charge in [0.25, 0.3) is 0 Å². The molecule has 15 heavy (non-hydrogen) atoms. The number of hydrogen-bond acceptors (Lipinski definition) is 3. The van der Waals surface area contributed by atoms with Gasteiger partial charge in [-0.3, -0.25) is 0 Å². The Bertz CT molecular complexity index is 395. The predicted molar refractivity (Wildman–Crippen MR) is 59.0 cm³/mol. The molecular formula is C12H17NO2. The Kier molecular flexibility index (Phi) is 1.98. The van der Waals surface area contributed by atoms with E-state index in [1.165, 1.54) is 6.07 Å². The molecule has 0 heterocycles. The van der Waals surface area contributed by atoms with Crippen LogP contribution in [0.4, 0.5) is 0 Å². The molecule has 3 nitrogen and oxygen atoms in total. The Balaban J connectivity index is 2.45. The van der Waals surface area contributed by atoms with Crippen LogP contribution in [0.5, 0.6) is 11.5 Å². The lowest BCUT2D eigenvalue weighted by Crippen LogP contribution is -2.43. The van der Waals surface area contributed by atoms with Crippen LogP contribution in [0.1, 0.15) is 32.3 Å². The van der Waals surface area contributed by atoms with Gasteiger partial charge in [0.15, 0.2) is 0 Å². The second-order valence-corrected chi connectivity index (χ2v) is 4.98. The minimum atomic E-state index is -0.259. The molecule has 0 aliphatic heterocycles. The van der Waals surface area contributed by atoms with Gasteiger partial charge in [0.05, 0.1) is 0 Å². The van der Waals surface area contributed by atoms with Crippen molar-refractivity contribution in [3.63, 3.8) is 0 Å². The maximum Gasteiger partial charge on any atom is 0.123 e. The van der Waals surface area contributed by atoms with Gasteiger partial charge in [-0.1, -0.05) is 19.9 Å². The average molecular weight is 207 g/mol. The standard InChI is InChI=1S/C12H17NO2/c1-11(2,12(13)5-6-12)9-4-3-8(14)7-10(9)15/h3-4,7,14-15H,5-6,13H2,1-2H3. The molecule has 1 fully saturated rings. The predicted octanol–water partition coefficient (Wildman–Crippen LogP) is 1.87. The SMILES string of the molecule is CC(C)(c1ccc(O)cc1O)C1(N)CC1. The van der Waals surface area contributed by atoms with Crippen LogP contribution < -0.4 is 5.73 Å². The first-order valence-electron chi connectivity index (χ1n) is 5.18. The van der Waals surface area contributed by atoms with Crippen LogP contribution in [-0.4, -0.2) is 15.8 Å². The highest BCUT2D eigenvalue weighted by atomic mass is 16.3. The van der Waals surface area contributed by atoms with Crippen molar-refractivity contribution in [2.24, 2.45) is 5.73 Å². The summed E-state index contributed by atoms with van der Waals surface area (Å²) in [7, 11) is 0. The molecule has 4 N–H and O–H groups in total. The zero-order valence-electron chi connectivity index (χ0n) is 9.12. The number of phenolic OH excluding ortho intramolecular Hbond substituents is 2. The van der Waals surface area contributed by atoms with Gasteiger partial charge in [0.1, 0.15) is 11.5 Å². The van der Waals surface area contributed by atoms with Gasteiger partial charge in [-0.05, 0) is 18.9 Å². The van der Waals surface area contributed by atoms with Gasteiger partial charge in [-0.25, -0.2) is 0 Å². The van der Waals surface area contributed by atoms with E-state index in [2.05, 4.69) is 0 Å². The van der Waals surface area contributed by atoms with Crippen LogP contribution in [0, 0.1) is 0 Å². The molecule has 0 atom stereocenters. The minimum absolute atomic E-state index is 0.0777. The lowest BCUT2D eigenvalue weighted by atomic mass is 9.75. The first kappa shape index (κ1) is 10.3. The molecule has 0 bridgehead atoms. The average Bonchev–Trinajstić information content (AvgIpc) is 2.84. The van der Waals surface area contributed by atoms with Gasteiger partial charge < -0.3 is 15.9 Å². The van der Waals surface area contributed by atoms with Crippen LogP contribution in [-0.2, 0) is 5.41 Å². The normalized spacial score (nSPS) is 18.9. The first-order chi connectivity index (χ1) is 6.87. The van der Waals surface area contributed by atoms with Crippen LogP contribution in [0.2, 0.25) is 0 Å². The fraction of sp³-hybridized carbons (Fsp3) is 0.500. The molecule has 82 valence electrons. The summed E-state index contributed by atoms with van der Waals surface area (Å²) in [6.07, 6.45) is 1.97. The third-order valence-electron chi connectivity index (χ3n) is 3.69. The lowest BCUT2D eigenvalue weighted by Gasteiger charge is -2.33. The van der Waals surface area contributed by atoms with E-state index in [-0.39, 0.29) is 22.5 Å². The number of nitrogens with two attached hydrogens (primary N) is 1. The molecule has 3 heteroatoms. The summed E-state index contributed by atoms with van der Waals surface area (Å²) in [5.74, 6) is 0.200. The number of benzene rings is 1. The highest BCUT2D eigenvalue weighted by Crippen LogP contribution is 2.51. The third-order valence-corrected chi connectivity index (χ3v) is 3.69. The first-order valence-corrected chi connectivity index (χ1v) is 5.18. The van der Waals surface area contributed by atoms with Crippen LogP contribution >= 0.6 is 0 Å². The number of rotatable bonds is 2. The van der Waals surface area contributed by atoms with E-state index in [0.717, 1.165) is 18.4 Å². The summed E-state index contributed by atoms with van der Waals surface area (Å²) in [6.45, 7) is 4.07. The van der Waals surface area contributed by atoms with Crippen LogP contribution in [0.15, 0.2) is 18.2 Å². The Labute approximate surface area is 89.5 Å². The van der Waals surface area contributed by atoms with Crippen molar-refractivity contribution in [1.82, 2.24) is 0 Å². The van der Waals surface area contributed by atoms with Crippen molar-refractivity contribution in [2.45, 2.75) is 37.6 Å². The second kappa shape index (κ2) is 2.89. The van der Waals surface area contributed by atoms with E-state index in [4.69, 9.17) is 5.73 Å². The smallest absolute Gasteiger partial charge is 0.123 e. The summed E-state index contributed by atoms with van der Waals surface area (Å²) in [5, 5.41) is 19.0. The summed E-state index contributed by atoms with van der Waals surface area (Å²) >= 11 is 0. The highest BCUT2D eigenvalue weighted by molar-refractivity contribution is 5.46. The molecule has 0 radical (unpaired) electrons. The zero-order chi connectivity index (χ0) is 11.3. The quantitative estimate of drug-likeness (QED) is 0.693. The minimum Gasteiger partial charge on any atom is -0.508 e. The van der Waals surface area contributed by atoms with Crippen LogP contribution in [0.25, 0.3) is 0 Å². The molecule has 0 saturated heterocycles. The van der Waals surface area contributed by atoms with Crippen molar-refractivity contribution in [3.05, 3.63) is 23.8 Å². The van der Waals surface area contributed by atoms with E-state index in [1.807, 2.05) is 13.8 Å².